The minimum absolute atomic E-state index is 0.414. The molecule has 0 radical (unpaired) electrons. The monoisotopic (exact) mass is 240 g/mol. The van der Waals surface area contributed by atoms with Crippen LogP contribution in [0.15, 0.2) is 5.38 Å². The Bertz CT molecular complexity index is 307. The number of rotatable bonds is 6. The molecule has 0 aliphatic heterocycles. The average molecular weight is 240 g/mol. The molecule has 2 unspecified atom stereocenters. The quantitative estimate of drug-likeness (QED) is 0.814. The summed E-state index contributed by atoms with van der Waals surface area (Å²) in [5.74, 6) is 1.19. The number of nitrogens with zero attached hydrogens (tertiary/aromatic N) is 1. The zero-order valence-corrected chi connectivity index (χ0v) is 11.9. The molecule has 92 valence electrons. The van der Waals surface area contributed by atoms with E-state index in [4.69, 9.17) is 4.98 Å². The van der Waals surface area contributed by atoms with Gasteiger partial charge in [0.25, 0.3) is 0 Å². The zero-order chi connectivity index (χ0) is 12.1. The van der Waals surface area contributed by atoms with E-state index in [9.17, 15) is 0 Å². The molecule has 1 heterocycles. The van der Waals surface area contributed by atoms with Crippen LogP contribution >= 0.6 is 11.3 Å². The molecule has 2 atom stereocenters. The molecule has 0 amide bonds. The van der Waals surface area contributed by atoms with E-state index in [1.165, 1.54) is 23.5 Å². The standard InChI is InChI=1S/C13H24N2S/c1-6-7-10(4)12(14-5)13-15-11(8-16-13)9(2)3/h8-10,12,14H,6-7H2,1-5H3. The highest BCUT2D eigenvalue weighted by Crippen LogP contribution is 2.29. The zero-order valence-electron chi connectivity index (χ0n) is 11.1. The van der Waals surface area contributed by atoms with Crippen molar-refractivity contribution < 1.29 is 0 Å². The molecule has 1 aromatic rings. The fourth-order valence-electron chi connectivity index (χ4n) is 1.98. The first-order valence-corrected chi connectivity index (χ1v) is 7.10. The predicted molar refractivity (Wildman–Crippen MR) is 72.1 cm³/mol. The summed E-state index contributed by atoms with van der Waals surface area (Å²) in [6, 6.07) is 0.414. The van der Waals surface area contributed by atoms with Crippen LogP contribution in [0.1, 0.15) is 63.2 Å². The molecule has 0 aliphatic rings. The highest BCUT2D eigenvalue weighted by molar-refractivity contribution is 7.09. The summed E-state index contributed by atoms with van der Waals surface area (Å²) < 4.78 is 0. The SMILES string of the molecule is CCCC(C)C(NC)c1nc(C(C)C)cs1. The Morgan fingerprint density at radius 2 is 2.06 bits per heavy atom. The molecule has 16 heavy (non-hydrogen) atoms. The summed E-state index contributed by atoms with van der Waals surface area (Å²) in [5, 5.41) is 6.84. The van der Waals surface area contributed by atoms with E-state index >= 15 is 0 Å². The van der Waals surface area contributed by atoms with E-state index in [1.54, 1.807) is 11.3 Å². The van der Waals surface area contributed by atoms with Crippen LogP contribution in [0.4, 0.5) is 0 Å². The van der Waals surface area contributed by atoms with Crippen molar-refractivity contribution in [2.24, 2.45) is 5.92 Å². The van der Waals surface area contributed by atoms with Crippen LogP contribution in [-0.4, -0.2) is 12.0 Å². The van der Waals surface area contributed by atoms with Crippen molar-refractivity contribution >= 4 is 11.3 Å². The average Bonchev–Trinajstić information content (AvgIpc) is 2.68. The maximum absolute atomic E-state index is 4.74. The Morgan fingerprint density at radius 1 is 1.38 bits per heavy atom. The van der Waals surface area contributed by atoms with E-state index in [0.29, 0.717) is 17.9 Å². The molecular formula is C13H24N2S. The fraction of sp³-hybridized carbons (Fsp3) is 0.769. The third-order valence-corrected chi connectivity index (χ3v) is 3.97. The lowest BCUT2D eigenvalue weighted by Crippen LogP contribution is -2.23. The van der Waals surface area contributed by atoms with E-state index in [0.717, 1.165) is 0 Å². The van der Waals surface area contributed by atoms with Crippen LogP contribution in [0, 0.1) is 5.92 Å². The molecule has 0 spiro atoms. The molecule has 0 saturated heterocycles. The van der Waals surface area contributed by atoms with Gasteiger partial charge in [-0.05, 0) is 25.3 Å². The summed E-state index contributed by atoms with van der Waals surface area (Å²) in [6.45, 7) is 8.94. The number of nitrogens with one attached hydrogen (secondary N) is 1. The smallest absolute Gasteiger partial charge is 0.110 e. The first kappa shape index (κ1) is 13.7. The summed E-state index contributed by atoms with van der Waals surface area (Å²) in [6.07, 6.45) is 2.49. The number of thiazole rings is 1. The van der Waals surface area contributed by atoms with Gasteiger partial charge in [-0.3, -0.25) is 0 Å². The van der Waals surface area contributed by atoms with E-state index in [2.05, 4.69) is 38.4 Å². The summed E-state index contributed by atoms with van der Waals surface area (Å²) >= 11 is 1.79. The van der Waals surface area contributed by atoms with Crippen LogP contribution < -0.4 is 5.32 Å². The van der Waals surface area contributed by atoms with Gasteiger partial charge in [0.15, 0.2) is 0 Å². The van der Waals surface area contributed by atoms with Gasteiger partial charge in [-0.1, -0.05) is 34.1 Å². The maximum atomic E-state index is 4.74. The second-order valence-electron chi connectivity index (χ2n) is 4.80. The van der Waals surface area contributed by atoms with Gasteiger partial charge in [0.2, 0.25) is 0 Å². The Labute approximate surface area is 103 Å². The number of aromatic nitrogens is 1. The largest absolute Gasteiger partial charge is 0.311 e. The third kappa shape index (κ3) is 3.29. The molecule has 0 fully saturated rings. The van der Waals surface area contributed by atoms with Crippen LogP contribution in [0.5, 0.6) is 0 Å². The highest BCUT2D eigenvalue weighted by Gasteiger charge is 2.20. The van der Waals surface area contributed by atoms with Gasteiger partial charge in [-0.25, -0.2) is 4.98 Å². The molecule has 2 nitrogen and oxygen atoms in total. The third-order valence-electron chi connectivity index (χ3n) is 3.02. The topological polar surface area (TPSA) is 24.9 Å². The van der Waals surface area contributed by atoms with Crippen molar-refractivity contribution in [3.63, 3.8) is 0 Å². The summed E-state index contributed by atoms with van der Waals surface area (Å²) in [7, 11) is 2.03. The van der Waals surface area contributed by atoms with Crippen molar-refractivity contribution in [3.8, 4) is 0 Å². The first-order valence-electron chi connectivity index (χ1n) is 6.22. The van der Waals surface area contributed by atoms with Crippen molar-refractivity contribution in [2.45, 2.75) is 52.5 Å². The lowest BCUT2D eigenvalue weighted by atomic mass is 9.97. The molecule has 3 heteroatoms. The molecule has 1 rings (SSSR count). The molecule has 0 aliphatic carbocycles. The van der Waals surface area contributed by atoms with Crippen LogP contribution in [0.2, 0.25) is 0 Å². The van der Waals surface area contributed by atoms with E-state index in [1.807, 2.05) is 7.05 Å². The molecule has 1 N–H and O–H groups in total. The highest BCUT2D eigenvalue weighted by atomic mass is 32.1. The lowest BCUT2D eigenvalue weighted by Gasteiger charge is -2.20. The minimum Gasteiger partial charge on any atom is -0.311 e. The predicted octanol–water partition coefficient (Wildman–Crippen LogP) is 3.96. The van der Waals surface area contributed by atoms with Crippen molar-refractivity contribution in [3.05, 3.63) is 16.1 Å². The Morgan fingerprint density at radius 3 is 2.50 bits per heavy atom. The summed E-state index contributed by atoms with van der Waals surface area (Å²) in [5.41, 5.74) is 1.23. The minimum atomic E-state index is 0.414. The van der Waals surface area contributed by atoms with Crippen molar-refractivity contribution in [1.29, 1.82) is 0 Å². The Hall–Kier alpha value is -0.410. The van der Waals surface area contributed by atoms with Gasteiger partial charge in [0.05, 0.1) is 11.7 Å². The first-order chi connectivity index (χ1) is 7.60. The van der Waals surface area contributed by atoms with Crippen molar-refractivity contribution in [2.75, 3.05) is 7.05 Å². The normalized spacial score (nSPS) is 15.4. The molecule has 1 aromatic heterocycles. The van der Waals surface area contributed by atoms with Gasteiger partial charge in [-0.15, -0.1) is 11.3 Å². The molecule has 0 bridgehead atoms. The van der Waals surface area contributed by atoms with Crippen LogP contribution in [0.3, 0.4) is 0 Å². The number of hydrogen-bond acceptors (Lipinski definition) is 3. The fourth-order valence-corrected chi connectivity index (χ4v) is 3.20. The van der Waals surface area contributed by atoms with Gasteiger partial charge in [-0.2, -0.15) is 0 Å². The second kappa shape index (κ2) is 6.36. The maximum Gasteiger partial charge on any atom is 0.110 e. The molecule has 0 saturated carbocycles. The van der Waals surface area contributed by atoms with Gasteiger partial charge in [0.1, 0.15) is 5.01 Å². The Balaban J connectivity index is 2.78. The Kier molecular flexibility index (Phi) is 5.42. The van der Waals surface area contributed by atoms with Gasteiger partial charge >= 0.3 is 0 Å². The van der Waals surface area contributed by atoms with Crippen molar-refractivity contribution in [1.82, 2.24) is 10.3 Å². The van der Waals surface area contributed by atoms with Crippen LogP contribution in [0.25, 0.3) is 0 Å². The number of hydrogen-bond donors (Lipinski definition) is 1. The molecular weight excluding hydrogens is 216 g/mol. The van der Waals surface area contributed by atoms with Crippen LogP contribution in [-0.2, 0) is 0 Å². The summed E-state index contributed by atoms with van der Waals surface area (Å²) in [4.78, 5) is 4.74. The molecule has 0 aromatic carbocycles. The van der Waals surface area contributed by atoms with Gasteiger partial charge in [0, 0.05) is 5.38 Å². The second-order valence-corrected chi connectivity index (χ2v) is 5.69. The lowest BCUT2D eigenvalue weighted by molar-refractivity contribution is 0.382. The van der Waals surface area contributed by atoms with Gasteiger partial charge < -0.3 is 5.32 Å². The van der Waals surface area contributed by atoms with E-state index in [-0.39, 0.29) is 0 Å². The van der Waals surface area contributed by atoms with E-state index < -0.39 is 0 Å².